The highest BCUT2D eigenvalue weighted by Crippen LogP contribution is 2.33. The minimum absolute atomic E-state index is 0.292. The van der Waals surface area contributed by atoms with Crippen molar-refractivity contribution in [3.8, 4) is 11.5 Å². The minimum atomic E-state index is -0.292. The number of methoxy groups -OCH3 is 2. The van der Waals surface area contributed by atoms with Gasteiger partial charge in [-0.2, -0.15) is 0 Å². The van der Waals surface area contributed by atoms with Crippen LogP contribution in [0, 0.1) is 0 Å². The average Bonchev–Trinajstić information content (AvgIpc) is 2.66. The Kier molecular flexibility index (Phi) is 5.51. The Labute approximate surface area is 156 Å². The average molecular weight is 381 g/mol. The summed E-state index contributed by atoms with van der Waals surface area (Å²) in [5, 5.41) is 0.314. The fraction of sp³-hybridized carbons (Fsp3) is 0.471. The van der Waals surface area contributed by atoms with E-state index in [4.69, 9.17) is 25.8 Å². The second kappa shape index (κ2) is 7.82. The highest BCUT2D eigenvalue weighted by atomic mass is 35.5. The van der Waals surface area contributed by atoms with Crippen LogP contribution in [-0.2, 0) is 4.74 Å². The summed E-state index contributed by atoms with van der Waals surface area (Å²) in [6, 6.07) is 3.52. The van der Waals surface area contributed by atoms with E-state index in [9.17, 15) is 4.79 Å². The molecule has 1 amide bonds. The van der Waals surface area contributed by atoms with E-state index in [0.29, 0.717) is 66.3 Å². The molecule has 9 heteroatoms. The van der Waals surface area contributed by atoms with Gasteiger partial charge in [0.05, 0.1) is 31.9 Å². The Morgan fingerprint density at radius 2 is 1.65 bits per heavy atom. The monoisotopic (exact) mass is 380 g/mol. The van der Waals surface area contributed by atoms with Crippen molar-refractivity contribution >= 4 is 34.5 Å². The van der Waals surface area contributed by atoms with Crippen molar-refractivity contribution in [1.82, 2.24) is 14.9 Å². The Morgan fingerprint density at radius 3 is 2.19 bits per heavy atom. The number of amides is 1. The maximum Gasteiger partial charge on any atom is 0.409 e. The number of hydrogen-bond acceptors (Lipinski definition) is 7. The van der Waals surface area contributed by atoms with Gasteiger partial charge < -0.3 is 24.0 Å². The summed E-state index contributed by atoms with van der Waals surface area (Å²) >= 11 is 6.36. The van der Waals surface area contributed by atoms with Gasteiger partial charge in [-0.15, -0.1) is 0 Å². The maximum absolute atomic E-state index is 11.8. The first-order valence-corrected chi connectivity index (χ1v) is 8.71. The topological polar surface area (TPSA) is 77.0 Å². The van der Waals surface area contributed by atoms with Crippen LogP contribution in [0.25, 0.3) is 11.0 Å². The largest absolute Gasteiger partial charge is 0.493 e. The third-order valence-corrected chi connectivity index (χ3v) is 4.47. The number of hydrogen-bond donors (Lipinski definition) is 0. The van der Waals surface area contributed by atoms with Crippen LogP contribution < -0.4 is 14.4 Å². The number of halogens is 1. The number of aromatic nitrogens is 2. The molecular formula is C17H21ClN4O4. The van der Waals surface area contributed by atoms with Crippen LogP contribution in [-0.4, -0.2) is 68.0 Å². The number of benzene rings is 1. The van der Waals surface area contributed by atoms with Crippen molar-refractivity contribution < 1.29 is 19.0 Å². The van der Waals surface area contributed by atoms with Crippen molar-refractivity contribution in [2.24, 2.45) is 0 Å². The molecule has 0 saturated carbocycles. The lowest BCUT2D eigenvalue weighted by molar-refractivity contribution is 0.105. The highest BCUT2D eigenvalue weighted by molar-refractivity contribution is 6.32. The van der Waals surface area contributed by atoms with Crippen LogP contribution in [0.4, 0.5) is 10.6 Å². The highest BCUT2D eigenvalue weighted by Gasteiger charge is 2.25. The van der Waals surface area contributed by atoms with Gasteiger partial charge >= 0.3 is 6.09 Å². The second-order valence-corrected chi connectivity index (χ2v) is 6.06. The van der Waals surface area contributed by atoms with E-state index in [2.05, 4.69) is 9.97 Å². The first kappa shape index (κ1) is 18.3. The summed E-state index contributed by atoms with van der Waals surface area (Å²) in [6.07, 6.45) is -0.292. The first-order valence-electron chi connectivity index (χ1n) is 8.33. The normalized spacial score (nSPS) is 14.5. The van der Waals surface area contributed by atoms with Crippen LogP contribution in [0.5, 0.6) is 11.5 Å². The summed E-state index contributed by atoms with van der Waals surface area (Å²) in [6.45, 7) is 4.45. The molecule has 1 aromatic carbocycles. The van der Waals surface area contributed by atoms with E-state index >= 15 is 0 Å². The van der Waals surface area contributed by atoms with Crippen LogP contribution in [0.1, 0.15) is 6.92 Å². The Balaban J connectivity index is 1.84. The second-order valence-electron chi connectivity index (χ2n) is 5.71. The molecule has 0 bridgehead atoms. The molecule has 0 N–H and O–H groups in total. The third-order valence-electron chi connectivity index (χ3n) is 4.22. The molecule has 1 saturated heterocycles. The van der Waals surface area contributed by atoms with Gasteiger partial charge in [0, 0.05) is 38.3 Å². The van der Waals surface area contributed by atoms with Gasteiger partial charge in [0.2, 0.25) is 0 Å². The number of fused-ring (bicyclic) bond motifs is 1. The SMILES string of the molecule is CCOC(=O)N1CCN(c2nc3cc(OC)c(OC)cc3nc2Cl)CC1. The molecule has 26 heavy (non-hydrogen) atoms. The van der Waals surface area contributed by atoms with E-state index in [1.54, 1.807) is 38.2 Å². The molecule has 1 aromatic heterocycles. The smallest absolute Gasteiger partial charge is 0.409 e. The zero-order valence-electron chi connectivity index (χ0n) is 15.0. The Bertz CT molecular complexity index is 809. The zero-order chi connectivity index (χ0) is 18.7. The van der Waals surface area contributed by atoms with Crippen LogP contribution in [0.2, 0.25) is 5.15 Å². The lowest BCUT2D eigenvalue weighted by Gasteiger charge is -2.34. The number of anilines is 1. The number of carbonyl (C=O) groups is 1. The van der Waals surface area contributed by atoms with E-state index in [1.807, 2.05) is 4.90 Å². The standard InChI is InChI=1S/C17H21ClN4O4/c1-4-26-17(23)22-7-5-21(6-8-22)16-15(18)19-11-9-13(24-2)14(25-3)10-12(11)20-16/h9-10H,4-8H2,1-3H3. The number of carbonyl (C=O) groups excluding carboxylic acids is 1. The van der Waals surface area contributed by atoms with Crippen molar-refractivity contribution in [3.05, 3.63) is 17.3 Å². The predicted molar refractivity (Wildman–Crippen MR) is 98.5 cm³/mol. The molecule has 2 aromatic rings. The van der Waals surface area contributed by atoms with Crippen LogP contribution in [0.15, 0.2) is 12.1 Å². The molecular weight excluding hydrogens is 360 g/mol. The van der Waals surface area contributed by atoms with Gasteiger partial charge in [0.1, 0.15) is 0 Å². The number of ether oxygens (including phenoxy) is 3. The lowest BCUT2D eigenvalue weighted by Crippen LogP contribution is -2.49. The summed E-state index contributed by atoms with van der Waals surface area (Å²) in [5.41, 5.74) is 1.29. The summed E-state index contributed by atoms with van der Waals surface area (Å²) in [5.74, 6) is 1.74. The van der Waals surface area contributed by atoms with Gasteiger partial charge in [0.25, 0.3) is 0 Å². The van der Waals surface area contributed by atoms with Crippen LogP contribution in [0.3, 0.4) is 0 Å². The molecule has 0 unspecified atom stereocenters. The summed E-state index contributed by atoms with van der Waals surface area (Å²) in [7, 11) is 3.14. The van der Waals surface area contributed by atoms with Crippen molar-refractivity contribution in [3.63, 3.8) is 0 Å². The van der Waals surface area contributed by atoms with Gasteiger partial charge in [0.15, 0.2) is 22.5 Å². The minimum Gasteiger partial charge on any atom is -0.493 e. The van der Waals surface area contributed by atoms with Gasteiger partial charge in [-0.3, -0.25) is 0 Å². The van der Waals surface area contributed by atoms with Crippen molar-refractivity contribution in [2.45, 2.75) is 6.92 Å². The zero-order valence-corrected chi connectivity index (χ0v) is 15.7. The molecule has 0 aliphatic carbocycles. The summed E-state index contributed by atoms with van der Waals surface area (Å²) in [4.78, 5) is 24.6. The molecule has 0 radical (unpaired) electrons. The third kappa shape index (κ3) is 3.55. The van der Waals surface area contributed by atoms with Gasteiger partial charge in [-0.25, -0.2) is 14.8 Å². The van der Waals surface area contributed by atoms with Gasteiger partial charge in [-0.1, -0.05) is 11.6 Å². The van der Waals surface area contributed by atoms with E-state index < -0.39 is 0 Å². The van der Waals surface area contributed by atoms with E-state index in [1.165, 1.54) is 0 Å². The number of piperazine rings is 1. The molecule has 8 nitrogen and oxygen atoms in total. The van der Waals surface area contributed by atoms with Crippen LogP contribution >= 0.6 is 11.6 Å². The maximum atomic E-state index is 11.8. The molecule has 2 heterocycles. The summed E-state index contributed by atoms with van der Waals surface area (Å²) < 4.78 is 15.7. The fourth-order valence-electron chi connectivity index (χ4n) is 2.87. The van der Waals surface area contributed by atoms with Crippen molar-refractivity contribution in [2.75, 3.05) is 51.9 Å². The van der Waals surface area contributed by atoms with E-state index in [-0.39, 0.29) is 6.09 Å². The fourth-order valence-corrected chi connectivity index (χ4v) is 3.12. The van der Waals surface area contributed by atoms with Crippen molar-refractivity contribution in [1.29, 1.82) is 0 Å². The molecule has 1 aliphatic heterocycles. The number of nitrogens with zero attached hydrogens (tertiary/aromatic N) is 4. The lowest BCUT2D eigenvalue weighted by atomic mass is 10.2. The molecule has 1 aliphatic rings. The quantitative estimate of drug-likeness (QED) is 0.806. The Morgan fingerprint density at radius 1 is 1.08 bits per heavy atom. The van der Waals surface area contributed by atoms with Gasteiger partial charge in [-0.05, 0) is 6.92 Å². The molecule has 0 atom stereocenters. The predicted octanol–water partition coefficient (Wildman–Crippen LogP) is 2.58. The first-order chi connectivity index (χ1) is 12.6. The molecule has 140 valence electrons. The van der Waals surface area contributed by atoms with E-state index in [0.717, 1.165) is 0 Å². The Hall–Kier alpha value is -2.48. The molecule has 3 rings (SSSR count). The number of rotatable bonds is 4. The molecule has 0 spiro atoms. The molecule has 1 fully saturated rings.